The fraction of sp³-hybridized carbons (Fsp3) is 0.310. The molecule has 0 unspecified atom stereocenters. The van der Waals surface area contributed by atoms with Gasteiger partial charge in [0.1, 0.15) is 11.6 Å². The van der Waals surface area contributed by atoms with Crippen LogP contribution in [0.25, 0.3) is 0 Å². The maximum atomic E-state index is 14.5. The average Bonchev–Trinajstić information content (AvgIpc) is 3.27. The summed E-state index contributed by atoms with van der Waals surface area (Å²) in [4.78, 5) is 66.7. The molecule has 0 aromatic heterocycles. The number of morpholine rings is 2. The molecular weight excluding hydrogens is 795 g/mol. The van der Waals surface area contributed by atoms with Gasteiger partial charge >= 0.3 is 24.1 Å². The molecule has 3 N–H and O–H groups in total. The maximum absolute atomic E-state index is 14.5. The average molecular weight is 839 g/mol. The summed E-state index contributed by atoms with van der Waals surface area (Å²) in [7, 11) is 0. The van der Waals surface area contributed by atoms with E-state index in [9.17, 15) is 45.9 Å². The minimum atomic E-state index is -5.08. The van der Waals surface area contributed by atoms with Crippen LogP contribution in [0.3, 0.4) is 0 Å². The molecule has 0 atom stereocenters. The second-order valence-electron chi connectivity index (χ2n) is 13.5. The quantitative estimate of drug-likeness (QED) is 0.147. The number of hydrogen-bond donors (Lipinski definition) is 2. The first-order valence-electron chi connectivity index (χ1n) is 18.8. The van der Waals surface area contributed by atoms with E-state index in [1.807, 2.05) is 0 Å². The Morgan fingerprint density at radius 3 is 1.35 bits per heavy atom. The van der Waals surface area contributed by atoms with Gasteiger partial charge in [-0.25, -0.2) is 18.4 Å². The van der Waals surface area contributed by atoms with Gasteiger partial charge in [-0.15, -0.1) is 0 Å². The number of halogens is 5. The maximum Gasteiger partial charge on any atom is 0.471 e. The second-order valence-corrected chi connectivity index (χ2v) is 13.5. The Hall–Kier alpha value is -6.24. The summed E-state index contributed by atoms with van der Waals surface area (Å²) in [6.45, 7) is 2.65. The van der Waals surface area contributed by atoms with E-state index in [0.29, 0.717) is 63.7 Å². The number of benzene rings is 4. The van der Waals surface area contributed by atoms with Gasteiger partial charge in [0.05, 0.1) is 64.0 Å². The van der Waals surface area contributed by atoms with Crippen LogP contribution < -0.4 is 20.9 Å². The molecular formula is C42H43F5N6O7. The standard InChI is InChI=1S/C22H21F4N3O4.C20H22FN3O3/c23-17-3-1-2-4-18(17)29(21(32)28-9-11-33-12-10-28)14-15-5-7-16(8-6-15)19(30)13-27-20(31)22(24,25)26;21-17-3-1-2-4-18(17)24(20(26)23-9-11-27-12-10-23)14-15-5-7-16(8-6-15)19(25)13-22/h1-8H,9-14H2,(H,27,31);1-8H,9-14,22H2. The lowest BCUT2D eigenvalue weighted by Gasteiger charge is -2.33. The molecule has 6 rings (SSSR count). The van der Waals surface area contributed by atoms with Gasteiger partial charge in [0.15, 0.2) is 11.6 Å². The zero-order valence-electron chi connectivity index (χ0n) is 32.3. The molecule has 18 heteroatoms. The van der Waals surface area contributed by atoms with E-state index in [2.05, 4.69) is 0 Å². The monoisotopic (exact) mass is 838 g/mol. The van der Waals surface area contributed by atoms with E-state index in [0.717, 1.165) is 5.56 Å². The number of carbonyl (C=O) groups excluding carboxylic acids is 5. The van der Waals surface area contributed by atoms with Crippen LogP contribution in [0.15, 0.2) is 97.1 Å². The Kier molecular flexibility index (Phi) is 15.8. The largest absolute Gasteiger partial charge is 0.471 e. The number of rotatable bonds is 11. The molecule has 4 aromatic carbocycles. The lowest BCUT2D eigenvalue weighted by Crippen LogP contribution is -2.48. The Balaban J connectivity index is 0.000000232. The van der Waals surface area contributed by atoms with Crippen molar-refractivity contribution in [2.45, 2.75) is 19.3 Å². The summed E-state index contributed by atoms with van der Waals surface area (Å²) < 4.78 is 76.2. The highest BCUT2D eigenvalue weighted by molar-refractivity contribution is 6.00. The molecule has 2 aliphatic heterocycles. The van der Waals surface area contributed by atoms with Crippen LogP contribution in [0.2, 0.25) is 0 Å². The number of nitrogens with two attached hydrogens (primary N) is 1. The fourth-order valence-corrected chi connectivity index (χ4v) is 6.14. The van der Waals surface area contributed by atoms with Crippen molar-refractivity contribution in [3.63, 3.8) is 0 Å². The Labute approximate surface area is 342 Å². The third-order valence-corrected chi connectivity index (χ3v) is 9.40. The smallest absolute Gasteiger partial charge is 0.378 e. The first-order chi connectivity index (χ1) is 28.8. The van der Waals surface area contributed by atoms with Crippen LogP contribution in [0.4, 0.5) is 42.9 Å². The molecule has 4 aromatic rings. The van der Waals surface area contributed by atoms with Gasteiger partial charge in [0, 0.05) is 37.3 Å². The van der Waals surface area contributed by atoms with Crippen molar-refractivity contribution in [3.8, 4) is 0 Å². The van der Waals surface area contributed by atoms with Gasteiger partial charge in [0.25, 0.3) is 0 Å². The van der Waals surface area contributed by atoms with Crippen molar-refractivity contribution in [1.29, 1.82) is 0 Å². The van der Waals surface area contributed by atoms with E-state index in [4.69, 9.17) is 15.2 Å². The highest BCUT2D eigenvalue weighted by atomic mass is 19.4. The van der Waals surface area contributed by atoms with Crippen LogP contribution in [0.1, 0.15) is 31.8 Å². The number of ketones is 2. The first kappa shape index (κ1) is 44.9. The molecule has 60 heavy (non-hydrogen) atoms. The fourth-order valence-electron chi connectivity index (χ4n) is 6.14. The van der Waals surface area contributed by atoms with Gasteiger partial charge in [-0.1, -0.05) is 72.8 Å². The molecule has 2 fully saturated rings. The number of para-hydroxylation sites is 2. The van der Waals surface area contributed by atoms with Crippen molar-refractivity contribution >= 4 is 40.9 Å². The molecule has 0 aliphatic carbocycles. The predicted octanol–water partition coefficient (Wildman–Crippen LogP) is 5.57. The number of anilines is 2. The molecule has 5 amide bonds. The van der Waals surface area contributed by atoms with Gasteiger partial charge in [-0.3, -0.25) is 24.2 Å². The van der Waals surface area contributed by atoms with Gasteiger partial charge in [-0.2, -0.15) is 13.2 Å². The number of nitrogens with one attached hydrogen (secondary N) is 1. The highest BCUT2D eigenvalue weighted by Crippen LogP contribution is 2.25. The number of Topliss-reactive ketones (excluding diaryl/α,β-unsaturated/α-hetero) is 2. The number of nitrogens with zero attached hydrogens (tertiary/aromatic N) is 4. The van der Waals surface area contributed by atoms with Crippen LogP contribution in [-0.4, -0.2) is 111 Å². The van der Waals surface area contributed by atoms with E-state index >= 15 is 0 Å². The van der Waals surface area contributed by atoms with Crippen LogP contribution in [0.5, 0.6) is 0 Å². The molecule has 2 heterocycles. The van der Waals surface area contributed by atoms with Crippen LogP contribution in [-0.2, 0) is 27.4 Å². The molecule has 2 saturated heterocycles. The van der Waals surface area contributed by atoms with Crippen LogP contribution in [0, 0.1) is 11.6 Å². The van der Waals surface area contributed by atoms with Gasteiger partial charge < -0.3 is 30.3 Å². The van der Waals surface area contributed by atoms with Gasteiger partial charge in [-0.05, 0) is 35.4 Å². The summed E-state index contributed by atoms with van der Waals surface area (Å²) >= 11 is 0. The molecule has 318 valence electrons. The molecule has 13 nitrogen and oxygen atoms in total. The summed E-state index contributed by atoms with van der Waals surface area (Å²) in [5.74, 6) is -4.11. The topological polar surface area (TPSA) is 155 Å². The summed E-state index contributed by atoms with van der Waals surface area (Å²) in [6.07, 6.45) is -5.08. The number of carbonyl (C=O) groups is 5. The Bertz CT molecular complexity index is 2110. The molecule has 2 aliphatic rings. The summed E-state index contributed by atoms with van der Waals surface area (Å²) in [6, 6.07) is 24.0. The van der Waals surface area contributed by atoms with E-state index in [1.54, 1.807) is 58.3 Å². The summed E-state index contributed by atoms with van der Waals surface area (Å²) in [5.41, 5.74) is 7.63. The number of ether oxygens (including phenoxy) is 2. The number of urea groups is 2. The Morgan fingerprint density at radius 2 is 0.983 bits per heavy atom. The van der Waals surface area contributed by atoms with Crippen LogP contribution >= 0.6 is 0 Å². The molecule has 0 bridgehead atoms. The highest BCUT2D eigenvalue weighted by Gasteiger charge is 2.38. The molecule has 0 radical (unpaired) electrons. The van der Waals surface area contributed by atoms with Crippen molar-refractivity contribution in [1.82, 2.24) is 15.1 Å². The zero-order valence-corrected chi connectivity index (χ0v) is 32.3. The minimum absolute atomic E-state index is 0.00357. The van der Waals surface area contributed by atoms with E-state index in [1.165, 1.54) is 63.6 Å². The zero-order chi connectivity index (χ0) is 43.2. The third kappa shape index (κ3) is 12.2. The minimum Gasteiger partial charge on any atom is -0.378 e. The van der Waals surface area contributed by atoms with Crippen molar-refractivity contribution in [2.75, 3.05) is 75.5 Å². The van der Waals surface area contributed by atoms with Crippen molar-refractivity contribution in [3.05, 3.63) is 131 Å². The molecule has 0 saturated carbocycles. The second kappa shape index (κ2) is 21.1. The number of amides is 5. The lowest BCUT2D eigenvalue weighted by molar-refractivity contribution is -0.173. The predicted molar refractivity (Wildman–Crippen MR) is 210 cm³/mol. The number of alkyl halides is 3. The van der Waals surface area contributed by atoms with Gasteiger partial charge in [0.2, 0.25) is 0 Å². The molecule has 0 spiro atoms. The summed E-state index contributed by atoms with van der Waals surface area (Å²) in [5, 5.41) is 1.52. The van der Waals surface area contributed by atoms with E-state index in [-0.39, 0.29) is 48.4 Å². The number of hydrogen-bond acceptors (Lipinski definition) is 8. The first-order valence-corrected chi connectivity index (χ1v) is 18.8. The Morgan fingerprint density at radius 1 is 0.600 bits per heavy atom. The third-order valence-electron chi connectivity index (χ3n) is 9.40. The van der Waals surface area contributed by atoms with E-state index < -0.39 is 42.1 Å². The van der Waals surface area contributed by atoms with Crippen molar-refractivity contribution in [2.24, 2.45) is 5.73 Å². The normalized spacial score (nSPS) is 14.0. The lowest BCUT2D eigenvalue weighted by atomic mass is 10.1. The van der Waals surface area contributed by atoms with Crippen molar-refractivity contribution < 1.29 is 55.4 Å². The SMILES string of the molecule is NCC(=O)c1ccc(CN(C(=O)N2CCOCC2)c2ccccc2F)cc1.O=C(CNC(=O)C(F)(F)F)c1ccc(CN(C(=O)N2CCOCC2)c2ccccc2F)cc1.